The third-order valence-corrected chi connectivity index (χ3v) is 8.21. The van der Waals surface area contributed by atoms with Gasteiger partial charge in [0.2, 0.25) is 0 Å². The van der Waals surface area contributed by atoms with E-state index in [-0.39, 0.29) is 5.91 Å². The van der Waals surface area contributed by atoms with Gasteiger partial charge in [-0.15, -0.1) is 0 Å². The standard InChI is InChI=1S/C29H32N6O/c1-17-13-31-28-23(17)12-21(14-32-28)20-10-19-7-9-34(16-25(19)24(11-20)26-4-3-8-30-26)29(36)27-18(2)15-35(33-27)22-5-6-22/h10-15,22,26,30H,3-9,16H2,1-2H3,(H,31,32). The van der Waals surface area contributed by atoms with Crippen LogP contribution in [0.5, 0.6) is 0 Å². The molecule has 0 spiro atoms. The van der Waals surface area contributed by atoms with E-state index in [1.807, 2.05) is 35.1 Å². The van der Waals surface area contributed by atoms with Gasteiger partial charge in [-0.3, -0.25) is 9.48 Å². The van der Waals surface area contributed by atoms with E-state index in [1.165, 1.54) is 39.6 Å². The minimum atomic E-state index is 0.0598. The number of aromatic amines is 1. The van der Waals surface area contributed by atoms with Crippen LogP contribution in [-0.2, 0) is 13.0 Å². The lowest BCUT2D eigenvalue weighted by Gasteiger charge is -2.32. The average molecular weight is 481 g/mol. The van der Waals surface area contributed by atoms with E-state index in [4.69, 9.17) is 0 Å². The Kier molecular flexibility index (Phi) is 5.03. The molecule has 0 bridgehead atoms. The molecule has 3 aromatic heterocycles. The van der Waals surface area contributed by atoms with Crippen LogP contribution in [0.1, 0.15) is 76.1 Å². The number of carbonyl (C=O) groups is 1. The van der Waals surface area contributed by atoms with Crippen molar-refractivity contribution in [3.8, 4) is 11.1 Å². The van der Waals surface area contributed by atoms with Crippen LogP contribution in [0.25, 0.3) is 22.2 Å². The molecule has 7 nitrogen and oxygen atoms in total. The number of aryl methyl sites for hydroxylation is 2. The van der Waals surface area contributed by atoms with Gasteiger partial charge in [-0.25, -0.2) is 4.98 Å². The Balaban J connectivity index is 1.25. The number of benzene rings is 1. The molecular formula is C29H32N6O. The fourth-order valence-electron chi connectivity index (χ4n) is 5.96. The maximum atomic E-state index is 13.6. The van der Waals surface area contributed by atoms with E-state index in [0.717, 1.165) is 55.5 Å². The van der Waals surface area contributed by atoms with Crippen LogP contribution in [0.15, 0.2) is 36.8 Å². The summed E-state index contributed by atoms with van der Waals surface area (Å²) < 4.78 is 2.00. The molecule has 7 rings (SSSR count). The number of nitrogens with zero attached hydrogens (tertiary/aromatic N) is 4. The number of amides is 1. The molecule has 1 saturated carbocycles. The summed E-state index contributed by atoms with van der Waals surface area (Å²) in [5.41, 5.74) is 10.1. The van der Waals surface area contributed by atoms with Gasteiger partial charge >= 0.3 is 0 Å². The predicted molar refractivity (Wildman–Crippen MR) is 140 cm³/mol. The number of hydrogen-bond acceptors (Lipinski definition) is 4. The second-order valence-electron chi connectivity index (χ2n) is 10.8. The Bertz CT molecular complexity index is 1490. The van der Waals surface area contributed by atoms with Crippen LogP contribution in [0.3, 0.4) is 0 Å². The van der Waals surface area contributed by atoms with E-state index in [0.29, 0.717) is 24.3 Å². The van der Waals surface area contributed by atoms with E-state index in [1.54, 1.807) is 0 Å². The highest BCUT2D eigenvalue weighted by molar-refractivity contribution is 5.94. The Labute approximate surface area is 210 Å². The lowest BCUT2D eigenvalue weighted by atomic mass is 9.87. The maximum Gasteiger partial charge on any atom is 0.274 e. The second kappa shape index (κ2) is 8.30. The van der Waals surface area contributed by atoms with Gasteiger partial charge in [-0.05, 0) is 92.4 Å². The minimum Gasteiger partial charge on any atom is -0.346 e. The molecule has 36 heavy (non-hydrogen) atoms. The summed E-state index contributed by atoms with van der Waals surface area (Å²) in [5.74, 6) is 0.0598. The van der Waals surface area contributed by atoms with E-state index in [2.05, 4.69) is 45.5 Å². The molecule has 4 aromatic rings. The molecule has 7 heteroatoms. The lowest BCUT2D eigenvalue weighted by molar-refractivity contribution is 0.0726. The lowest BCUT2D eigenvalue weighted by Crippen LogP contribution is -2.37. The number of pyridine rings is 1. The third-order valence-electron chi connectivity index (χ3n) is 8.21. The zero-order chi connectivity index (χ0) is 24.4. The molecule has 1 atom stereocenters. The fourth-order valence-corrected chi connectivity index (χ4v) is 5.96. The molecule has 5 heterocycles. The van der Waals surface area contributed by atoms with Gasteiger partial charge in [0.15, 0.2) is 5.69 Å². The molecular weight excluding hydrogens is 448 g/mol. The molecule has 184 valence electrons. The van der Waals surface area contributed by atoms with E-state index in [9.17, 15) is 4.79 Å². The van der Waals surface area contributed by atoms with Crippen molar-refractivity contribution in [1.29, 1.82) is 0 Å². The molecule has 2 N–H and O–H groups in total. The largest absolute Gasteiger partial charge is 0.346 e. The number of aromatic nitrogens is 4. The summed E-state index contributed by atoms with van der Waals surface area (Å²) in [4.78, 5) is 23.5. The topological polar surface area (TPSA) is 78.8 Å². The molecule has 1 amide bonds. The third kappa shape index (κ3) is 3.64. The monoisotopic (exact) mass is 480 g/mol. The highest BCUT2D eigenvalue weighted by Crippen LogP contribution is 2.37. The first-order chi connectivity index (χ1) is 17.5. The number of rotatable bonds is 4. The van der Waals surface area contributed by atoms with E-state index >= 15 is 0 Å². The first-order valence-electron chi connectivity index (χ1n) is 13.2. The van der Waals surface area contributed by atoms with Crippen molar-refractivity contribution in [2.24, 2.45) is 0 Å². The average Bonchev–Trinajstić information content (AvgIpc) is 3.28. The Morgan fingerprint density at radius 1 is 1.08 bits per heavy atom. The van der Waals surface area contributed by atoms with Gasteiger partial charge < -0.3 is 15.2 Å². The van der Waals surface area contributed by atoms with Crippen molar-refractivity contribution >= 4 is 16.9 Å². The highest BCUT2D eigenvalue weighted by Gasteiger charge is 2.31. The van der Waals surface area contributed by atoms with Gasteiger partial charge in [-0.2, -0.15) is 5.10 Å². The minimum absolute atomic E-state index is 0.0598. The Morgan fingerprint density at radius 2 is 1.97 bits per heavy atom. The van der Waals surface area contributed by atoms with Gasteiger partial charge in [-0.1, -0.05) is 6.07 Å². The quantitative estimate of drug-likeness (QED) is 0.431. The molecule has 1 aromatic carbocycles. The molecule has 1 saturated heterocycles. The Hall–Kier alpha value is -3.45. The zero-order valence-corrected chi connectivity index (χ0v) is 21.0. The number of nitrogens with one attached hydrogen (secondary N) is 2. The van der Waals surface area contributed by atoms with Gasteiger partial charge in [0.05, 0.1) is 6.04 Å². The zero-order valence-electron chi connectivity index (χ0n) is 21.0. The first kappa shape index (κ1) is 21.8. The van der Waals surface area contributed by atoms with Crippen molar-refractivity contribution < 1.29 is 4.79 Å². The summed E-state index contributed by atoms with van der Waals surface area (Å²) in [6.45, 7) is 6.53. The number of hydrogen-bond donors (Lipinski definition) is 2. The number of H-pyrrole nitrogens is 1. The van der Waals surface area contributed by atoms with Crippen LogP contribution in [0.2, 0.25) is 0 Å². The summed E-state index contributed by atoms with van der Waals surface area (Å²) in [6.07, 6.45) is 11.5. The number of carbonyl (C=O) groups excluding carboxylic acids is 1. The summed E-state index contributed by atoms with van der Waals surface area (Å²) in [6, 6.07) is 7.73. The smallest absolute Gasteiger partial charge is 0.274 e. The fraction of sp³-hybridized carbons (Fsp3) is 0.414. The van der Waals surface area contributed by atoms with Crippen LogP contribution in [-0.4, -0.2) is 43.6 Å². The second-order valence-corrected chi connectivity index (χ2v) is 10.8. The maximum absolute atomic E-state index is 13.6. The molecule has 1 unspecified atom stereocenters. The van der Waals surface area contributed by atoms with Crippen LogP contribution in [0, 0.1) is 13.8 Å². The molecule has 1 aliphatic carbocycles. The SMILES string of the molecule is Cc1cn(C2CC2)nc1C(=O)N1CCc2cc(-c3cnc4[nH]cc(C)c4c3)cc(C3CCCN3)c2C1. The molecule has 3 aliphatic rings. The van der Waals surface area contributed by atoms with Gasteiger partial charge in [0, 0.05) is 54.2 Å². The van der Waals surface area contributed by atoms with Crippen LogP contribution < -0.4 is 5.32 Å². The van der Waals surface area contributed by atoms with Crippen LogP contribution in [0.4, 0.5) is 0 Å². The van der Waals surface area contributed by atoms with Crippen molar-refractivity contribution in [3.05, 3.63) is 70.3 Å². The van der Waals surface area contributed by atoms with Gasteiger partial charge in [0.1, 0.15) is 5.65 Å². The molecule has 2 aliphatic heterocycles. The van der Waals surface area contributed by atoms with Crippen LogP contribution >= 0.6 is 0 Å². The normalized spacial score (nSPS) is 19.7. The summed E-state index contributed by atoms with van der Waals surface area (Å²) in [7, 11) is 0. The predicted octanol–water partition coefficient (Wildman–Crippen LogP) is 5.00. The van der Waals surface area contributed by atoms with Crippen molar-refractivity contribution in [3.63, 3.8) is 0 Å². The van der Waals surface area contributed by atoms with Crippen molar-refractivity contribution in [2.75, 3.05) is 13.1 Å². The van der Waals surface area contributed by atoms with Gasteiger partial charge in [0.25, 0.3) is 5.91 Å². The molecule has 2 fully saturated rings. The highest BCUT2D eigenvalue weighted by atomic mass is 16.2. The van der Waals surface area contributed by atoms with E-state index < -0.39 is 0 Å². The summed E-state index contributed by atoms with van der Waals surface area (Å²) >= 11 is 0. The van der Waals surface area contributed by atoms with Crippen molar-refractivity contribution in [1.82, 2.24) is 30.0 Å². The summed E-state index contributed by atoms with van der Waals surface area (Å²) in [5, 5.41) is 9.56. The number of fused-ring (bicyclic) bond motifs is 2. The molecule has 0 radical (unpaired) electrons. The first-order valence-corrected chi connectivity index (χ1v) is 13.2. The van der Waals surface area contributed by atoms with Crippen molar-refractivity contribution in [2.45, 2.75) is 64.6 Å². The Morgan fingerprint density at radius 3 is 2.78 bits per heavy atom.